The lowest BCUT2D eigenvalue weighted by Crippen LogP contribution is -2.31. The van der Waals surface area contributed by atoms with Gasteiger partial charge in [0.25, 0.3) is 3.79 Å². The van der Waals surface area contributed by atoms with E-state index < -0.39 is 21.0 Å². The molecule has 0 amide bonds. The van der Waals surface area contributed by atoms with Crippen molar-refractivity contribution >= 4 is 69.9 Å². The van der Waals surface area contributed by atoms with Crippen LogP contribution in [0.2, 0.25) is 10.0 Å². The van der Waals surface area contributed by atoms with Gasteiger partial charge in [-0.05, 0) is 72.7 Å². The van der Waals surface area contributed by atoms with E-state index in [2.05, 4.69) is 0 Å². The molecule has 7 nitrogen and oxygen atoms in total. The molecule has 2 aromatic carbocycles. The summed E-state index contributed by atoms with van der Waals surface area (Å²) >= 11 is 28.3. The second-order valence-electron chi connectivity index (χ2n) is 10.9. The number of carbonyl (C=O) groups is 1. The highest BCUT2D eigenvalue weighted by Crippen LogP contribution is 2.32. The third-order valence-corrected chi connectivity index (χ3v) is 6.00. The number of halogens is 5. The van der Waals surface area contributed by atoms with Crippen molar-refractivity contribution < 1.29 is 19.0 Å². The zero-order chi connectivity index (χ0) is 31.9. The summed E-state index contributed by atoms with van der Waals surface area (Å²) < 4.78 is 14.4. The van der Waals surface area contributed by atoms with Crippen LogP contribution in [0.25, 0.3) is 22.5 Å². The molecule has 0 fully saturated rings. The number of esters is 1. The third-order valence-electron chi connectivity index (χ3n) is 4.98. The van der Waals surface area contributed by atoms with E-state index in [0.29, 0.717) is 27.1 Å². The van der Waals surface area contributed by atoms with Crippen molar-refractivity contribution in [3.05, 3.63) is 70.0 Å². The fourth-order valence-electron chi connectivity index (χ4n) is 3.20. The molecule has 3 rings (SSSR count). The predicted octanol–water partition coefficient (Wildman–Crippen LogP) is 9.76. The Bertz CT molecular complexity index is 1360. The Kier molecular flexibility index (Phi) is 12.9. The molecule has 3 aromatic rings. The normalized spacial score (nSPS) is 11.8. The van der Waals surface area contributed by atoms with E-state index >= 15 is 0 Å². The van der Waals surface area contributed by atoms with Crippen LogP contribution in [-0.2, 0) is 20.8 Å². The van der Waals surface area contributed by atoms with Crippen molar-refractivity contribution in [2.45, 2.75) is 70.1 Å². The van der Waals surface area contributed by atoms with E-state index in [0.717, 1.165) is 11.1 Å². The van der Waals surface area contributed by atoms with Crippen LogP contribution in [0.1, 0.15) is 64.6 Å². The number of ether oxygens (including phenoxy) is 3. The Morgan fingerprint density at radius 2 is 1.24 bits per heavy atom. The van der Waals surface area contributed by atoms with Gasteiger partial charge in [0.05, 0.1) is 30.2 Å². The van der Waals surface area contributed by atoms with Crippen LogP contribution in [-0.4, -0.2) is 43.4 Å². The largest absolute Gasteiger partial charge is 0.472 e. The maximum absolute atomic E-state index is 12.7. The molecule has 12 heteroatoms. The zero-order valence-electron chi connectivity index (χ0n) is 24.5. The molecule has 42 heavy (non-hydrogen) atoms. The number of aromatic nitrogens is 2. The lowest BCUT2D eigenvalue weighted by atomic mass is 10.0. The molecule has 0 aliphatic carbocycles. The summed E-state index contributed by atoms with van der Waals surface area (Å²) in [4.78, 5) is 22.2. The molecule has 228 valence electrons. The van der Waals surface area contributed by atoms with Crippen LogP contribution in [0.5, 0.6) is 0 Å². The van der Waals surface area contributed by atoms with Crippen LogP contribution < -0.4 is 0 Å². The lowest BCUT2D eigenvalue weighted by Gasteiger charge is -2.24. The van der Waals surface area contributed by atoms with Crippen LogP contribution >= 0.6 is 58.0 Å². The molecular weight excluding hydrogens is 644 g/mol. The third kappa shape index (κ3) is 11.9. The molecular formula is C30H34Cl5N3O4. The van der Waals surface area contributed by atoms with Crippen molar-refractivity contribution in [1.82, 2.24) is 9.97 Å². The minimum absolute atomic E-state index is 0.117. The smallest absolute Gasteiger partial charge is 0.358 e. The first kappa shape index (κ1) is 36.1. The van der Waals surface area contributed by atoms with Crippen molar-refractivity contribution in [3.8, 4) is 22.5 Å². The molecule has 0 radical (unpaired) electrons. The maximum Gasteiger partial charge on any atom is 0.358 e. The van der Waals surface area contributed by atoms with Crippen LogP contribution in [0.4, 0.5) is 0 Å². The molecule has 1 aromatic heterocycles. The molecule has 1 N–H and O–H groups in total. The number of benzene rings is 2. The molecule has 0 aliphatic rings. The first-order valence-electron chi connectivity index (χ1n) is 12.9. The number of hydrogen-bond donors (Lipinski definition) is 1. The standard InChI is InChI=1S/C24H24Cl2N2O3.C6H10Cl3NO/c1-5-30-23(29)22-19(14-31-24(2,3)4)27-20(15-6-10-17(25)11-7-15)21(28-22)16-8-12-18(26)13-9-16;1-5(2,3)11-4(10)6(7,8)9/h6-13H,5,14H2,1-4H3;10H,1-3H3. The summed E-state index contributed by atoms with van der Waals surface area (Å²) in [6.45, 7) is 13.2. The molecule has 0 saturated carbocycles. The fraction of sp³-hybridized carbons (Fsp3) is 0.400. The average molecular weight is 678 g/mol. The maximum atomic E-state index is 12.7. The molecule has 1 heterocycles. The van der Waals surface area contributed by atoms with Gasteiger partial charge in [-0.25, -0.2) is 14.8 Å². The Labute approximate surface area is 272 Å². The Balaban J connectivity index is 0.000000476. The van der Waals surface area contributed by atoms with Crippen LogP contribution in [0, 0.1) is 5.41 Å². The van der Waals surface area contributed by atoms with E-state index in [-0.39, 0.29) is 24.8 Å². The molecule has 0 aliphatic heterocycles. The van der Waals surface area contributed by atoms with E-state index in [9.17, 15) is 4.79 Å². The summed E-state index contributed by atoms with van der Waals surface area (Å²) in [7, 11) is 0. The summed E-state index contributed by atoms with van der Waals surface area (Å²) in [6, 6.07) is 14.5. The fourth-order valence-corrected chi connectivity index (χ4v) is 3.57. The molecule has 0 bridgehead atoms. The van der Waals surface area contributed by atoms with Gasteiger partial charge in [-0.2, -0.15) is 0 Å². The van der Waals surface area contributed by atoms with Crippen LogP contribution in [0.15, 0.2) is 48.5 Å². The highest BCUT2D eigenvalue weighted by atomic mass is 35.6. The molecule has 0 atom stereocenters. The quantitative estimate of drug-likeness (QED) is 0.121. The predicted molar refractivity (Wildman–Crippen MR) is 172 cm³/mol. The van der Waals surface area contributed by atoms with Gasteiger partial charge in [-0.3, -0.25) is 5.41 Å². The summed E-state index contributed by atoms with van der Waals surface area (Å²) in [5.74, 6) is -0.893. The number of hydrogen-bond acceptors (Lipinski definition) is 7. The first-order valence-corrected chi connectivity index (χ1v) is 14.8. The monoisotopic (exact) mass is 675 g/mol. The van der Waals surface area contributed by atoms with E-state index in [4.69, 9.17) is 87.6 Å². The Morgan fingerprint density at radius 3 is 1.60 bits per heavy atom. The summed E-state index contributed by atoms with van der Waals surface area (Å²) in [5, 5.41) is 8.40. The van der Waals surface area contributed by atoms with Crippen LogP contribution in [0.3, 0.4) is 0 Å². The van der Waals surface area contributed by atoms with Gasteiger partial charge in [-0.15, -0.1) is 0 Å². The van der Waals surface area contributed by atoms with E-state index in [1.54, 1.807) is 52.0 Å². The van der Waals surface area contributed by atoms with Gasteiger partial charge in [-0.1, -0.05) is 82.3 Å². The minimum Gasteiger partial charge on any atom is -0.472 e. The van der Waals surface area contributed by atoms with Gasteiger partial charge in [0, 0.05) is 21.2 Å². The summed E-state index contributed by atoms with van der Waals surface area (Å²) in [6.07, 6.45) is 0. The van der Waals surface area contributed by atoms with Crippen molar-refractivity contribution in [3.63, 3.8) is 0 Å². The van der Waals surface area contributed by atoms with Crippen molar-refractivity contribution in [2.24, 2.45) is 0 Å². The van der Waals surface area contributed by atoms with Gasteiger partial charge in [0.2, 0.25) is 5.90 Å². The number of nitrogens with zero attached hydrogens (tertiary/aromatic N) is 2. The molecule has 0 spiro atoms. The average Bonchev–Trinajstić information content (AvgIpc) is 2.86. The summed E-state index contributed by atoms with van der Waals surface area (Å²) in [5.41, 5.74) is 2.38. The van der Waals surface area contributed by atoms with E-state index in [1.807, 2.05) is 45.0 Å². The van der Waals surface area contributed by atoms with Gasteiger partial charge in [0.15, 0.2) is 5.69 Å². The second kappa shape index (κ2) is 15.0. The van der Waals surface area contributed by atoms with Gasteiger partial charge < -0.3 is 14.2 Å². The topological polar surface area (TPSA) is 94.4 Å². The number of carbonyl (C=O) groups excluding carboxylic acids is 1. The van der Waals surface area contributed by atoms with E-state index in [1.165, 1.54) is 0 Å². The highest BCUT2D eigenvalue weighted by Gasteiger charge is 2.31. The van der Waals surface area contributed by atoms with Gasteiger partial charge in [0.1, 0.15) is 11.3 Å². The highest BCUT2D eigenvalue weighted by molar-refractivity contribution is 6.76. The zero-order valence-corrected chi connectivity index (χ0v) is 28.2. The SMILES string of the molecule is CC(C)(C)OC(=N)C(Cl)(Cl)Cl.CCOC(=O)c1nc(-c2ccc(Cl)cc2)c(-c2ccc(Cl)cc2)nc1COC(C)(C)C. The minimum atomic E-state index is -1.76. The number of rotatable bonds is 6. The van der Waals surface area contributed by atoms with Crippen molar-refractivity contribution in [1.29, 1.82) is 5.41 Å². The van der Waals surface area contributed by atoms with Crippen molar-refractivity contribution in [2.75, 3.05) is 6.61 Å². The Hall–Kier alpha value is -2.13. The second-order valence-corrected chi connectivity index (χ2v) is 14.0. The number of alkyl halides is 3. The number of nitrogens with one attached hydrogen (secondary N) is 1. The molecule has 0 saturated heterocycles. The first-order chi connectivity index (χ1) is 19.3. The lowest BCUT2D eigenvalue weighted by molar-refractivity contribution is -0.0172. The molecule has 0 unspecified atom stereocenters. The van der Waals surface area contributed by atoms with Gasteiger partial charge >= 0.3 is 5.97 Å². The Morgan fingerprint density at radius 1 is 0.786 bits per heavy atom.